The quantitative estimate of drug-likeness (QED) is 0.525. The van der Waals surface area contributed by atoms with Crippen LogP contribution in [0.15, 0.2) is 33.7 Å². The number of benzene rings is 1. The van der Waals surface area contributed by atoms with Gasteiger partial charge in [0.25, 0.3) is 0 Å². The van der Waals surface area contributed by atoms with E-state index in [0.29, 0.717) is 6.54 Å². The first-order chi connectivity index (χ1) is 8.17. The van der Waals surface area contributed by atoms with Crippen LogP contribution in [0.5, 0.6) is 0 Å². The van der Waals surface area contributed by atoms with Crippen LogP contribution < -0.4 is 5.32 Å². The van der Waals surface area contributed by atoms with Crippen molar-refractivity contribution < 1.29 is 0 Å². The number of aliphatic imine (C=N–C) groups is 1. The van der Waals surface area contributed by atoms with Gasteiger partial charge in [-0.15, -0.1) is 6.42 Å². The molecule has 1 aromatic rings. The highest BCUT2D eigenvalue weighted by Crippen LogP contribution is 2.11. The number of terminal acetylenes is 1. The summed E-state index contributed by atoms with van der Waals surface area (Å²) in [5.74, 6) is 3.33. The molecule has 90 valence electrons. The van der Waals surface area contributed by atoms with Gasteiger partial charge in [0.05, 0.1) is 6.54 Å². The molecule has 0 amide bonds. The largest absolute Gasteiger partial charge is 0.345 e. The van der Waals surface area contributed by atoms with Crippen LogP contribution in [-0.4, -0.2) is 31.5 Å². The highest BCUT2D eigenvalue weighted by atomic mass is 79.9. The minimum atomic E-state index is 0.483. The molecule has 4 heteroatoms. The van der Waals surface area contributed by atoms with Crippen molar-refractivity contribution in [1.82, 2.24) is 10.2 Å². The number of guanidine groups is 1. The Bertz CT molecular complexity index is 417. The van der Waals surface area contributed by atoms with Gasteiger partial charge in [-0.3, -0.25) is 4.99 Å². The molecule has 0 saturated heterocycles. The first-order valence-electron chi connectivity index (χ1n) is 5.27. The molecule has 0 spiro atoms. The van der Waals surface area contributed by atoms with Crippen molar-refractivity contribution in [2.24, 2.45) is 4.99 Å². The molecule has 0 aromatic heterocycles. The first-order valence-corrected chi connectivity index (χ1v) is 6.06. The maximum atomic E-state index is 5.21. The predicted molar refractivity (Wildman–Crippen MR) is 75.8 cm³/mol. The maximum Gasteiger partial charge on any atom is 0.194 e. The van der Waals surface area contributed by atoms with Gasteiger partial charge in [0.1, 0.15) is 0 Å². The molecule has 0 heterocycles. The van der Waals surface area contributed by atoms with E-state index in [1.54, 1.807) is 7.05 Å². The minimum Gasteiger partial charge on any atom is -0.345 e. The monoisotopic (exact) mass is 293 g/mol. The van der Waals surface area contributed by atoms with Gasteiger partial charge in [-0.25, -0.2) is 0 Å². The Hall–Kier alpha value is -1.47. The molecule has 0 aliphatic heterocycles. The second-order valence-corrected chi connectivity index (χ2v) is 4.50. The van der Waals surface area contributed by atoms with Crippen LogP contribution in [0.3, 0.4) is 0 Å². The predicted octanol–water partition coefficient (Wildman–Crippen LogP) is 2.09. The molecule has 0 aliphatic carbocycles. The molecular weight excluding hydrogens is 278 g/mol. The first kappa shape index (κ1) is 13.6. The molecular formula is C13H16BrN3. The molecule has 0 bridgehead atoms. The Balaban J connectivity index is 2.61. The van der Waals surface area contributed by atoms with Crippen molar-refractivity contribution in [3.8, 4) is 12.3 Å². The lowest BCUT2D eigenvalue weighted by molar-refractivity contribution is 0.481. The van der Waals surface area contributed by atoms with Gasteiger partial charge in [-0.2, -0.15) is 0 Å². The molecule has 1 rings (SSSR count). The van der Waals surface area contributed by atoms with Gasteiger partial charge in [-0.1, -0.05) is 34.0 Å². The number of hydrogen-bond donors (Lipinski definition) is 1. The smallest absolute Gasteiger partial charge is 0.194 e. The molecule has 0 atom stereocenters. The summed E-state index contributed by atoms with van der Waals surface area (Å²) in [6.07, 6.45) is 5.21. The summed E-state index contributed by atoms with van der Waals surface area (Å²) >= 11 is 3.42. The molecule has 17 heavy (non-hydrogen) atoms. The summed E-state index contributed by atoms with van der Waals surface area (Å²) in [6.45, 7) is 1.27. The van der Waals surface area contributed by atoms with Crippen LogP contribution >= 0.6 is 15.9 Å². The van der Waals surface area contributed by atoms with Crippen LogP contribution in [0.1, 0.15) is 5.56 Å². The van der Waals surface area contributed by atoms with Crippen molar-refractivity contribution in [2.45, 2.75) is 6.54 Å². The van der Waals surface area contributed by atoms with Gasteiger partial charge >= 0.3 is 0 Å². The third kappa shape index (κ3) is 4.49. The van der Waals surface area contributed by atoms with E-state index >= 15 is 0 Å². The van der Waals surface area contributed by atoms with Crippen LogP contribution in [0.4, 0.5) is 0 Å². The highest BCUT2D eigenvalue weighted by molar-refractivity contribution is 9.10. The molecule has 3 nitrogen and oxygen atoms in total. The van der Waals surface area contributed by atoms with Crippen LogP contribution in [0.25, 0.3) is 0 Å². The average molecular weight is 294 g/mol. The minimum absolute atomic E-state index is 0.483. The van der Waals surface area contributed by atoms with Gasteiger partial charge in [-0.05, 0) is 17.7 Å². The molecule has 1 aromatic carbocycles. The molecule has 0 saturated carbocycles. The molecule has 0 radical (unpaired) electrons. The number of halogens is 1. The Kier molecular flexibility index (Phi) is 5.58. The SMILES string of the molecule is C#CCNC(=NC)N(C)Cc1ccc(Br)cc1. The molecule has 0 unspecified atom stereocenters. The van der Waals surface area contributed by atoms with E-state index in [9.17, 15) is 0 Å². The van der Waals surface area contributed by atoms with E-state index in [2.05, 4.69) is 44.3 Å². The molecule has 1 N–H and O–H groups in total. The summed E-state index contributed by atoms with van der Waals surface area (Å²) in [6, 6.07) is 8.21. The number of hydrogen-bond acceptors (Lipinski definition) is 1. The lowest BCUT2D eigenvalue weighted by Crippen LogP contribution is -2.38. The van der Waals surface area contributed by atoms with Crippen molar-refractivity contribution in [1.29, 1.82) is 0 Å². The van der Waals surface area contributed by atoms with Crippen molar-refractivity contribution in [2.75, 3.05) is 20.6 Å². The topological polar surface area (TPSA) is 27.6 Å². The fraction of sp³-hybridized carbons (Fsp3) is 0.308. The number of nitrogens with one attached hydrogen (secondary N) is 1. The Morgan fingerprint density at radius 2 is 2.12 bits per heavy atom. The van der Waals surface area contributed by atoms with E-state index in [1.807, 2.05) is 24.1 Å². The summed E-state index contributed by atoms with van der Waals surface area (Å²) in [5, 5.41) is 3.08. The van der Waals surface area contributed by atoms with Crippen molar-refractivity contribution in [3.63, 3.8) is 0 Å². The van der Waals surface area contributed by atoms with Crippen LogP contribution in [-0.2, 0) is 6.54 Å². The molecule has 0 aliphatic rings. The maximum absolute atomic E-state index is 5.21. The van der Waals surface area contributed by atoms with E-state index in [-0.39, 0.29) is 0 Å². The third-order valence-electron chi connectivity index (χ3n) is 2.25. The van der Waals surface area contributed by atoms with E-state index in [1.165, 1.54) is 5.56 Å². The van der Waals surface area contributed by atoms with Gasteiger partial charge in [0.2, 0.25) is 0 Å². The second-order valence-electron chi connectivity index (χ2n) is 3.59. The summed E-state index contributed by atoms with van der Waals surface area (Å²) < 4.78 is 1.08. The van der Waals surface area contributed by atoms with E-state index in [4.69, 9.17) is 6.42 Å². The lowest BCUT2D eigenvalue weighted by Gasteiger charge is -2.21. The zero-order valence-corrected chi connectivity index (χ0v) is 11.7. The summed E-state index contributed by atoms with van der Waals surface area (Å²) in [4.78, 5) is 6.19. The Labute approximate surface area is 111 Å². The van der Waals surface area contributed by atoms with Crippen LogP contribution in [0.2, 0.25) is 0 Å². The zero-order chi connectivity index (χ0) is 12.7. The van der Waals surface area contributed by atoms with Gasteiger partial charge in [0, 0.05) is 25.1 Å². The lowest BCUT2D eigenvalue weighted by atomic mass is 10.2. The van der Waals surface area contributed by atoms with Crippen molar-refractivity contribution in [3.05, 3.63) is 34.3 Å². The fourth-order valence-corrected chi connectivity index (χ4v) is 1.72. The standard InChI is InChI=1S/C13H16BrN3/c1-4-9-16-13(15-2)17(3)10-11-5-7-12(14)8-6-11/h1,5-8H,9-10H2,2-3H3,(H,15,16). The number of rotatable bonds is 3. The zero-order valence-electron chi connectivity index (χ0n) is 10.1. The Morgan fingerprint density at radius 1 is 1.47 bits per heavy atom. The van der Waals surface area contributed by atoms with Gasteiger partial charge in [0.15, 0.2) is 5.96 Å². The highest BCUT2D eigenvalue weighted by Gasteiger charge is 2.05. The average Bonchev–Trinajstić information content (AvgIpc) is 2.33. The van der Waals surface area contributed by atoms with Gasteiger partial charge < -0.3 is 10.2 Å². The normalized spacial score (nSPS) is 10.8. The fourth-order valence-electron chi connectivity index (χ4n) is 1.45. The van der Waals surface area contributed by atoms with E-state index < -0.39 is 0 Å². The summed E-state index contributed by atoms with van der Waals surface area (Å²) in [5.41, 5.74) is 1.22. The van der Waals surface area contributed by atoms with Crippen molar-refractivity contribution >= 4 is 21.9 Å². The number of nitrogens with zero attached hydrogens (tertiary/aromatic N) is 2. The van der Waals surface area contributed by atoms with Crippen LogP contribution in [0, 0.1) is 12.3 Å². The Morgan fingerprint density at radius 3 is 2.65 bits per heavy atom. The second kappa shape index (κ2) is 6.97. The molecule has 0 fully saturated rings. The summed E-state index contributed by atoms with van der Waals surface area (Å²) in [7, 11) is 3.73. The third-order valence-corrected chi connectivity index (χ3v) is 2.78. The van der Waals surface area contributed by atoms with E-state index in [0.717, 1.165) is 17.0 Å².